The number of nitrogens with one attached hydrogen (secondary N) is 1. The SMILES string of the molecule is CCCN(CC)S(=O)(=O)c1cc(CNC(C)C)ccc1F. The topological polar surface area (TPSA) is 49.4 Å². The third kappa shape index (κ3) is 4.76. The van der Waals surface area contributed by atoms with Crippen LogP contribution in [0.2, 0.25) is 0 Å². The molecule has 0 heterocycles. The summed E-state index contributed by atoms with van der Waals surface area (Å²) in [6, 6.07) is 4.55. The predicted octanol–water partition coefficient (Wildman–Crippen LogP) is 2.74. The molecule has 0 radical (unpaired) electrons. The smallest absolute Gasteiger partial charge is 0.245 e. The van der Waals surface area contributed by atoms with Crippen molar-refractivity contribution in [3.63, 3.8) is 0 Å². The van der Waals surface area contributed by atoms with Gasteiger partial charge in [-0.25, -0.2) is 12.8 Å². The largest absolute Gasteiger partial charge is 0.310 e. The van der Waals surface area contributed by atoms with Crippen LogP contribution in [-0.4, -0.2) is 31.9 Å². The normalized spacial score (nSPS) is 12.3. The van der Waals surface area contributed by atoms with Crippen molar-refractivity contribution in [1.82, 2.24) is 9.62 Å². The highest BCUT2D eigenvalue weighted by Crippen LogP contribution is 2.21. The van der Waals surface area contributed by atoms with Crippen molar-refractivity contribution < 1.29 is 12.8 Å². The van der Waals surface area contributed by atoms with Crippen LogP contribution in [0, 0.1) is 5.82 Å². The first-order valence-electron chi connectivity index (χ1n) is 7.34. The first-order valence-corrected chi connectivity index (χ1v) is 8.78. The standard InChI is InChI=1S/C15H25FN2O2S/c1-5-9-18(6-2)21(19,20)15-10-13(7-8-14(15)16)11-17-12(3)4/h7-8,10,12,17H,5-6,9,11H2,1-4H3. The quantitative estimate of drug-likeness (QED) is 0.802. The maximum Gasteiger partial charge on any atom is 0.245 e. The monoisotopic (exact) mass is 316 g/mol. The van der Waals surface area contributed by atoms with E-state index in [1.807, 2.05) is 20.8 Å². The number of rotatable bonds is 8. The zero-order valence-corrected chi connectivity index (χ0v) is 14.0. The Bertz CT molecular complexity index is 559. The molecular weight excluding hydrogens is 291 g/mol. The van der Waals surface area contributed by atoms with Crippen molar-refractivity contribution in [3.05, 3.63) is 29.6 Å². The van der Waals surface area contributed by atoms with Crippen molar-refractivity contribution in [2.75, 3.05) is 13.1 Å². The van der Waals surface area contributed by atoms with Gasteiger partial charge in [0.25, 0.3) is 0 Å². The second-order valence-electron chi connectivity index (χ2n) is 5.30. The van der Waals surface area contributed by atoms with Gasteiger partial charge in [0.1, 0.15) is 10.7 Å². The van der Waals surface area contributed by atoms with Gasteiger partial charge < -0.3 is 5.32 Å². The average molecular weight is 316 g/mol. The van der Waals surface area contributed by atoms with E-state index in [-0.39, 0.29) is 10.9 Å². The summed E-state index contributed by atoms with van der Waals surface area (Å²) in [5.74, 6) is -0.696. The maximum absolute atomic E-state index is 14.0. The van der Waals surface area contributed by atoms with Crippen LogP contribution in [0.1, 0.15) is 39.7 Å². The van der Waals surface area contributed by atoms with E-state index in [0.29, 0.717) is 26.1 Å². The average Bonchev–Trinajstić information content (AvgIpc) is 2.43. The fourth-order valence-corrected chi connectivity index (χ4v) is 3.67. The van der Waals surface area contributed by atoms with Crippen LogP contribution < -0.4 is 5.32 Å². The molecule has 0 amide bonds. The van der Waals surface area contributed by atoms with Gasteiger partial charge >= 0.3 is 0 Å². The molecule has 1 rings (SSSR count). The minimum absolute atomic E-state index is 0.235. The molecule has 4 nitrogen and oxygen atoms in total. The molecule has 0 saturated carbocycles. The number of nitrogens with zero attached hydrogens (tertiary/aromatic N) is 1. The number of hydrogen-bond acceptors (Lipinski definition) is 3. The molecule has 0 atom stereocenters. The molecule has 21 heavy (non-hydrogen) atoms. The summed E-state index contributed by atoms with van der Waals surface area (Å²) in [6.45, 7) is 8.91. The summed E-state index contributed by atoms with van der Waals surface area (Å²) in [5.41, 5.74) is 0.760. The van der Waals surface area contributed by atoms with Crippen LogP contribution in [0.15, 0.2) is 23.1 Å². The van der Waals surface area contributed by atoms with Crippen molar-refractivity contribution in [2.24, 2.45) is 0 Å². The first kappa shape index (κ1) is 18.1. The molecule has 0 aliphatic carbocycles. The van der Waals surface area contributed by atoms with Crippen molar-refractivity contribution in [1.29, 1.82) is 0 Å². The number of sulfonamides is 1. The van der Waals surface area contributed by atoms with E-state index in [0.717, 1.165) is 5.56 Å². The van der Waals surface area contributed by atoms with E-state index in [4.69, 9.17) is 0 Å². The fraction of sp³-hybridized carbons (Fsp3) is 0.600. The molecule has 0 fully saturated rings. The van der Waals surface area contributed by atoms with Crippen LogP contribution in [0.5, 0.6) is 0 Å². The Morgan fingerprint density at radius 3 is 2.48 bits per heavy atom. The van der Waals surface area contributed by atoms with Gasteiger partial charge in [-0.05, 0) is 24.1 Å². The molecule has 0 spiro atoms. The van der Waals surface area contributed by atoms with Crippen molar-refractivity contribution in [2.45, 2.75) is 51.6 Å². The lowest BCUT2D eigenvalue weighted by Gasteiger charge is -2.20. The summed E-state index contributed by atoms with van der Waals surface area (Å²) >= 11 is 0. The Balaban J connectivity index is 3.12. The predicted molar refractivity (Wildman–Crippen MR) is 83.1 cm³/mol. The highest BCUT2D eigenvalue weighted by molar-refractivity contribution is 7.89. The Kier molecular flexibility index (Phi) is 6.77. The van der Waals surface area contributed by atoms with Gasteiger partial charge in [0.05, 0.1) is 0 Å². The van der Waals surface area contributed by atoms with Crippen molar-refractivity contribution in [3.8, 4) is 0 Å². The van der Waals surface area contributed by atoms with Crippen LogP contribution in [0.25, 0.3) is 0 Å². The summed E-state index contributed by atoms with van der Waals surface area (Å²) < 4.78 is 40.3. The number of benzene rings is 1. The third-order valence-electron chi connectivity index (χ3n) is 3.15. The van der Waals surface area contributed by atoms with Gasteiger partial charge in [-0.2, -0.15) is 4.31 Å². The molecule has 1 aromatic carbocycles. The van der Waals surface area contributed by atoms with E-state index in [1.54, 1.807) is 13.0 Å². The molecule has 6 heteroatoms. The van der Waals surface area contributed by atoms with Gasteiger partial charge in [-0.3, -0.25) is 0 Å². The van der Waals surface area contributed by atoms with Crippen molar-refractivity contribution >= 4 is 10.0 Å². The summed E-state index contributed by atoms with van der Waals surface area (Å²) in [7, 11) is -3.77. The molecule has 0 saturated heterocycles. The van der Waals surface area contributed by atoms with Crippen LogP contribution in [0.4, 0.5) is 4.39 Å². The highest BCUT2D eigenvalue weighted by Gasteiger charge is 2.26. The summed E-state index contributed by atoms with van der Waals surface area (Å²) in [5, 5.41) is 3.20. The third-order valence-corrected chi connectivity index (χ3v) is 5.14. The van der Waals surface area contributed by atoms with E-state index >= 15 is 0 Å². The molecule has 0 aliphatic rings. The second-order valence-corrected chi connectivity index (χ2v) is 7.20. The molecule has 1 aromatic rings. The zero-order valence-electron chi connectivity index (χ0n) is 13.2. The second kappa shape index (κ2) is 7.87. The number of halogens is 1. The number of hydrogen-bond donors (Lipinski definition) is 1. The molecular formula is C15H25FN2O2S. The molecule has 0 unspecified atom stereocenters. The van der Waals surface area contributed by atoms with Crippen LogP contribution >= 0.6 is 0 Å². The Morgan fingerprint density at radius 2 is 1.95 bits per heavy atom. The first-order chi connectivity index (χ1) is 9.82. The van der Waals surface area contributed by atoms with E-state index in [1.165, 1.54) is 16.4 Å². The lowest BCUT2D eigenvalue weighted by Crippen LogP contribution is -2.32. The van der Waals surface area contributed by atoms with Gasteiger partial charge in [0.15, 0.2) is 0 Å². The van der Waals surface area contributed by atoms with E-state index in [9.17, 15) is 12.8 Å². The molecule has 0 aromatic heterocycles. The lowest BCUT2D eigenvalue weighted by atomic mass is 10.2. The Hall–Kier alpha value is -0.980. The summed E-state index contributed by atoms with van der Waals surface area (Å²) in [4.78, 5) is -0.235. The van der Waals surface area contributed by atoms with Gasteiger partial charge in [-0.1, -0.05) is 33.8 Å². The molecule has 0 bridgehead atoms. The minimum Gasteiger partial charge on any atom is -0.310 e. The van der Waals surface area contributed by atoms with E-state index in [2.05, 4.69) is 5.32 Å². The lowest BCUT2D eigenvalue weighted by molar-refractivity contribution is 0.422. The Labute approximate surface area is 127 Å². The minimum atomic E-state index is -3.77. The van der Waals surface area contributed by atoms with Gasteiger partial charge in [-0.15, -0.1) is 0 Å². The van der Waals surface area contributed by atoms with Gasteiger partial charge in [0, 0.05) is 25.7 Å². The van der Waals surface area contributed by atoms with Crippen LogP contribution in [-0.2, 0) is 16.6 Å². The summed E-state index contributed by atoms with van der Waals surface area (Å²) in [6.07, 6.45) is 0.698. The van der Waals surface area contributed by atoms with Crippen LogP contribution in [0.3, 0.4) is 0 Å². The zero-order chi connectivity index (χ0) is 16.0. The molecule has 120 valence electrons. The maximum atomic E-state index is 14.0. The molecule has 0 aliphatic heterocycles. The highest BCUT2D eigenvalue weighted by atomic mass is 32.2. The fourth-order valence-electron chi connectivity index (χ4n) is 2.01. The Morgan fingerprint density at radius 1 is 1.29 bits per heavy atom. The van der Waals surface area contributed by atoms with Gasteiger partial charge in [0.2, 0.25) is 10.0 Å². The van der Waals surface area contributed by atoms with E-state index < -0.39 is 15.8 Å². The molecule has 1 N–H and O–H groups in total.